The van der Waals surface area contributed by atoms with E-state index < -0.39 is 11.5 Å². The smallest absolute Gasteiger partial charge is 0.327 e. The second kappa shape index (κ2) is 7.25. The van der Waals surface area contributed by atoms with Crippen LogP contribution >= 0.6 is 15.9 Å². The molecule has 0 saturated carbocycles. The SMILES string of the molecule is CCC(CN)Nc1cnn(CC(=O)OC)c(=O)c1Br. The monoisotopic (exact) mass is 332 g/mol. The van der Waals surface area contributed by atoms with Crippen molar-refractivity contribution in [1.29, 1.82) is 0 Å². The number of anilines is 1. The number of hydrogen-bond acceptors (Lipinski definition) is 6. The average Bonchev–Trinajstić information content (AvgIpc) is 2.43. The molecule has 7 nitrogen and oxygen atoms in total. The average molecular weight is 333 g/mol. The lowest BCUT2D eigenvalue weighted by Gasteiger charge is -2.17. The maximum Gasteiger partial charge on any atom is 0.327 e. The number of methoxy groups -OCH3 is 1. The predicted molar refractivity (Wildman–Crippen MR) is 75.0 cm³/mol. The van der Waals surface area contributed by atoms with Crippen molar-refractivity contribution in [3.05, 3.63) is 21.0 Å². The Hall–Kier alpha value is -1.41. The molecular formula is C11H17BrN4O3. The first-order valence-electron chi connectivity index (χ1n) is 5.82. The zero-order chi connectivity index (χ0) is 14.4. The molecule has 0 aliphatic carbocycles. The Morgan fingerprint density at radius 2 is 2.37 bits per heavy atom. The summed E-state index contributed by atoms with van der Waals surface area (Å²) < 4.78 is 5.84. The molecular weight excluding hydrogens is 316 g/mol. The van der Waals surface area contributed by atoms with Crippen molar-refractivity contribution >= 4 is 27.6 Å². The molecule has 106 valence electrons. The van der Waals surface area contributed by atoms with Crippen LogP contribution in [0.2, 0.25) is 0 Å². The molecule has 1 heterocycles. The number of carbonyl (C=O) groups excluding carboxylic acids is 1. The van der Waals surface area contributed by atoms with Crippen molar-refractivity contribution in [1.82, 2.24) is 9.78 Å². The molecule has 0 aliphatic rings. The third kappa shape index (κ3) is 4.03. The Morgan fingerprint density at radius 3 is 2.89 bits per heavy atom. The van der Waals surface area contributed by atoms with Crippen LogP contribution in [0, 0.1) is 0 Å². The summed E-state index contributed by atoms with van der Waals surface area (Å²) in [6.07, 6.45) is 2.31. The van der Waals surface area contributed by atoms with E-state index in [-0.39, 0.29) is 12.6 Å². The number of nitrogens with one attached hydrogen (secondary N) is 1. The first kappa shape index (κ1) is 15.6. The molecule has 0 bridgehead atoms. The summed E-state index contributed by atoms with van der Waals surface area (Å²) in [5.41, 5.74) is 5.75. The van der Waals surface area contributed by atoms with Crippen LogP contribution in [0.25, 0.3) is 0 Å². The fourth-order valence-corrected chi connectivity index (χ4v) is 1.83. The van der Waals surface area contributed by atoms with E-state index in [2.05, 4.69) is 31.1 Å². The minimum atomic E-state index is -0.532. The van der Waals surface area contributed by atoms with Crippen LogP contribution < -0.4 is 16.6 Å². The van der Waals surface area contributed by atoms with Crippen molar-refractivity contribution in [3.63, 3.8) is 0 Å². The molecule has 1 unspecified atom stereocenters. The number of carbonyl (C=O) groups is 1. The number of nitrogens with two attached hydrogens (primary N) is 1. The molecule has 1 atom stereocenters. The summed E-state index contributed by atoms with van der Waals surface area (Å²) in [5.74, 6) is -0.532. The normalized spacial score (nSPS) is 12.0. The van der Waals surface area contributed by atoms with Gasteiger partial charge in [-0.05, 0) is 22.4 Å². The van der Waals surface area contributed by atoms with Gasteiger partial charge < -0.3 is 15.8 Å². The molecule has 1 aromatic rings. The van der Waals surface area contributed by atoms with Gasteiger partial charge in [-0.3, -0.25) is 9.59 Å². The second-order valence-electron chi connectivity index (χ2n) is 3.90. The fraction of sp³-hybridized carbons (Fsp3) is 0.545. The van der Waals surface area contributed by atoms with Gasteiger partial charge in [0.2, 0.25) is 0 Å². The van der Waals surface area contributed by atoms with Crippen molar-refractivity contribution < 1.29 is 9.53 Å². The van der Waals surface area contributed by atoms with Crippen LogP contribution in [0.5, 0.6) is 0 Å². The van der Waals surface area contributed by atoms with E-state index in [0.29, 0.717) is 16.7 Å². The summed E-state index contributed by atoms with van der Waals surface area (Å²) in [6.45, 7) is 2.22. The van der Waals surface area contributed by atoms with Gasteiger partial charge in [-0.15, -0.1) is 0 Å². The van der Waals surface area contributed by atoms with E-state index in [1.165, 1.54) is 13.3 Å². The molecule has 1 aromatic heterocycles. The van der Waals surface area contributed by atoms with Crippen molar-refractivity contribution in [2.24, 2.45) is 5.73 Å². The Bertz CT molecular complexity index is 499. The minimum Gasteiger partial charge on any atom is -0.468 e. The number of halogens is 1. The van der Waals surface area contributed by atoms with Gasteiger partial charge in [-0.25, -0.2) is 4.68 Å². The molecule has 0 radical (unpaired) electrons. The number of nitrogens with zero attached hydrogens (tertiary/aromatic N) is 2. The zero-order valence-electron chi connectivity index (χ0n) is 10.9. The van der Waals surface area contributed by atoms with E-state index in [4.69, 9.17) is 5.73 Å². The van der Waals surface area contributed by atoms with E-state index in [1.54, 1.807) is 0 Å². The highest BCUT2D eigenvalue weighted by atomic mass is 79.9. The maximum atomic E-state index is 12.0. The zero-order valence-corrected chi connectivity index (χ0v) is 12.4. The number of aromatic nitrogens is 2. The van der Waals surface area contributed by atoms with Crippen molar-refractivity contribution in [3.8, 4) is 0 Å². The van der Waals surface area contributed by atoms with E-state index in [1.807, 2.05) is 6.92 Å². The third-order valence-corrected chi connectivity index (χ3v) is 3.39. The van der Waals surface area contributed by atoms with E-state index in [0.717, 1.165) is 11.1 Å². The predicted octanol–water partition coefficient (Wildman–Crippen LogP) is 0.328. The number of esters is 1. The quantitative estimate of drug-likeness (QED) is 0.728. The lowest BCUT2D eigenvalue weighted by Crippen LogP contribution is -2.32. The first-order chi connectivity index (χ1) is 9.03. The lowest BCUT2D eigenvalue weighted by atomic mass is 10.2. The van der Waals surface area contributed by atoms with Gasteiger partial charge in [0, 0.05) is 12.6 Å². The molecule has 0 aliphatic heterocycles. The van der Waals surface area contributed by atoms with Crippen molar-refractivity contribution in [2.75, 3.05) is 19.0 Å². The van der Waals surface area contributed by atoms with Gasteiger partial charge in [0.05, 0.1) is 19.0 Å². The number of hydrogen-bond donors (Lipinski definition) is 2. The third-order valence-electron chi connectivity index (χ3n) is 2.63. The second-order valence-corrected chi connectivity index (χ2v) is 4.69. The van der Waals surface area contributed by atoms with Gasteiger partial charge in [0.15, 0.2) is 0 Å². The van der Waals surface area contributed by atoms with Crippen LogP contribution in [-0.2, 0) is 16.1 Å². The maximum absolute atomic E-state index is 12.0. The van der Waals surface area contributed by atoms with E-state index in [9.17, 15) is 9.59 Å². The van der Waals surface area contributed by atoms with Crippen LogP contribution in [0.1, 0.15) is 13.3 Å². The summed E-state index contributed by atoms with van der Waals surface area (Å²) >= 11 is 3.20. The van der Waals surface area contributed by atoms with Gasteiger partial charge in [-0.2, -0.15) is 5.10 Å². The Kier molecular flexibility index (Phi) is 5.97. The van der Waals surface area contributed by atoms with Gasteiger partial charge >= 0.3 is 5.97 Å². The highest BCUT2D eigenvalue weighted by Crippen LogP contribution is 2.17. The molecule has 0 aromatic carbocycles. The summed E-state index contributed by atoms with van der Waals surface area (Å²) in [4.78, 5) is 23.1. The Labute approximate surface area is 119 Å². The standard InChI is InChI=1S/C11H17BrN4O3/c1-3-7(4-13)15-8-5-14-16(6-9(17)19-2)11(18)10(8)12/h5,7,15H,3-4,6,13H2,1-2H3. The number of rotatable bonds is 6. The molecule has 0 saturated heterocycles. The molecule has 8 heteroatoms. The molecule has 0 fully saturated rings. The number of ether oxygens (including phenoxy) is 1. The van der Waals surface area contributed by atoms with Crippen LogP contribution in [0.3, 0.4) is 0 Å². The molecule has 3 N–H and O–H groups in total. The van der Waals surface area contributed by atoms with Crippen LogP contribution in [0.4, 0.5) is 5.69 Å². The summed E-state index contributed by atoms with van der Waals surface area (Å²) in [5, 5.41) is 7.04. The Balaban J connectivity index is 2.97. The summed E-state index contributed by atoms with van der Waals surface area (Å²) in [7, 11) is 1.26. The molecule has 19 heavy (non-hydrogen) atoms. The van der Waals surface area contributed by atoms with Crippen LogP contribution in [0.15, 0.2) is 15.5 Å². The Morgan fingerprint density at radius 1 is 1.68 bits per heavy atom. The molecule has 0 amide bonds. The summed E-state index contributed by atoms with van der Waals surface area (Å²) in [6, 6.07) is 0.0638. The topological polar surface area (TPSA) is 99.2 Å². The van der Waals surface area contributed by atoms with Crippen molar-refractivity contribution in [2.45, 2.75) is 25.9 Å². The first-order valence-corrected chi connectivity index (χ1v) is 6.61. The van der Waals surface area contributed by atoms with E-state index >= 15 is 0 Å². The minimum absolute atomic E-state index is 0.0638. The fourth-order valence-electron chi connectivity index (χ4n) is 1.41. The van der Waals surface area contributed by atoms with Gasteiger partial charge in [-0.1, -0.05) is 6.92 Å². The van der Waals surface area contributed by atoms with Gasteiger partial charge in [0.1, 0.15) is 11.0 Å². The highest BCUT2D eigenvalue weighted by Gasteiger charge is 2.13. The molecule has 1 rings (SSSR count). The van der Waals surface area contributed by atoms with Gasteiger partial charge in [0.25, 0.3) is 5.56 Å². The highest BCUT2D eigenvalue weighted by molar-refractivity contribution is 9.10. The largest absolute Gasteiger partial charge is 0.468 e. The van der Waals surface area contributed by atoms with Crippen LogP contribution in [-0.4, -0.2) is 35.4 Å². The lowest BCUT2D eigenvalue weighted by molar-refractivity contribution is -0.141. The molecule has 0 spiro atoms.